The maximum absolute atomic E-state index is 11.5. The number of hydrogen-bond acceptors (Lipinski definition) is 5. The highest BCUT2D eigenvalue weighted by atomic mass is 79.9. The molecule has 0 spiro atoms. The van der Waals surface area contributed by atoms with Gasteiger partial charge < -0.3 is 10.5 Å². The van der Waals surface area contributed by atoms with Crippen LogP contribution in [0.2, 0.25) is 0 Å². The minimum absolute atomic E-state index is 0.249. The molecule has 0 aliphatic rings. The second-order valence-corrected chi connectivity index (χ2v) is 5.66. The van der Waals surface area contributed by atoms with Gasteiger partial charge in [0.25, 0.3) is 0 Å². The van der Waals surface area contributed by atoms with E-state index in [9.17, 15) is 10.1 Å². The predicted octanol–water partition coefficient (Wildman–Crippen LogP) is 3.47. The number of aryl methyl sites for hydroxylation is 1. The summed E-state index contributed by atoms with van der Waals surface area (Å²) in [6.07, 6.45) is 3.50. The summed E-state index contributed by atoms with van der Waals surface area (Å²) in [5.41, 5.74) is 9.51. The summed E-state index contributed by atoms with van der Waals surface area (Å²) in [4.78, 5) is 21.7. The average Bonchev–Trinajstić information content (AvgIpc) is 2.63. The zero-order valence-electron chi connectivity index (χ0n) is 14.5. The molecule has 1 heterocycles. The van der Waals surface area contributed by atoms with Crippen molar-refractivity contribution < 1.29 is 9.53 Å². The Morgan fingerprint density at radius 3 is 2.80 bits per heavy atom. The van der Waals surface area contributed by atoms with Gasteiger partial charge in [-0.25, -0.2) is 9.98 Å². The molecule has 0 aliphatic carbocycles. The summed E-state index contributed by atoms with van der Waals surface area (Å²) in [7, 11) is 0. The van der Waals surface area contributed by atoms with Crippen molar-refractivity contribution in [3.63, 3.8) is 0 Å². The van der Waals surface area contributed by atoms with Gasteiger partial charge in [0.1, 0.15) is 11.8 Å². The maximum Gasteiger partial charge on any atom is 0.306 e. The number of carbonyl (C=O) groups excluding carboxylic acids is 1. The largest absolute Gasteiger partial charge is 0.466 e. The molecule has 0 atom stereocenters. The first kappa shape index (κ1) is 20.6. The smallest absolute Gasteiger partial charge is 0.306 e. The number of pyridine rings is 1. The summed E-state index contributed by atoms with van der Waals surface area (Å²) in [5.74, 6) is -0.265. The molecular formula is C18H21BrN4O2. The molecule has 0 saturated heterocycles. The molecule has 0 fully saturated rings. The molecular weight excluding hydrogens is 384 g/mol. The van der Waals surface area contributed by atoms with E-state index in [0.717, 1.165) is 16.7 Å². The Kier molecular flexibility index (Phi) is 8.57. The monoisotopic (exact) mass is 404 g/mol. The van der Waals surface area contributed by atoms with Gasteiger partial charge in [0, 0.05) is 18.2 Å². The summed E-state index contributed by atoms with van der Waals surface area (Å²) < 4.78 is 4.94. The number of nitriles is 1. The van der Waals surface area contributed by atoms with E-state index in [1.807, 2.05) is 19.9 Å². The molecule has 132 valence electrons. The Balaban J connectivity index is 3.33. The van der Waals surface area contributed by atoms with Gasteiger partial charge in [-0.2, -0.15) is 5.26 Å². The first-order valence-electron chi connectivity index (χ1n) is 7.75. The number of ether oxygens (including phenoxy) is 1. The van der Waals surface area contributed by atoms with Crippen LogP contribution < -0.4 is 5.73 Å². The fraction of sp³-hybridized carbons (Fsp3) is 0.333. The van der Waals surface area contributed by atoms with Crippen molar-refractivity contribution in [2.45, 2.75) is 33.6 Å². The van der Waals surface area contributed by atoms with E-state index in [1.54, 1.807) is 18.1 Å². The number of aromatic nitrogens is 1. The molecule has 0 aromatic carbocycles. The van der Waals surface area contributed by atoms with Crippen LogP contribution >= 0.6 is 15.9 Å². The number of halogens is 1. The minimum atomic E-state index is -0.265. The van der Waals surface area contributed by atoms with E-state index < -0.39 is 0 Å². The number of esters is 1. The highest BCUT2D eigenvalue weighted by Crippen LogP contribution is 2.27. The molecule has 0 amide bonds. The summed E-state index contributed by atoms with van der Waals surface area (Å²) >= 11 is 3.30. The zero-order valence-corrected chi connectivity index (χ0v) is 16.1. The summed E-state index contributed by atoms with van der Waals surface area (Å²) in [5, 5.41) is 9.38. The Morgan fingerprint density at radius 2 is 2.24 bits per heavy atom. The van der Waals surface area contributed by atoms with Gasteiger partial charge in [-0.3, -0.25) is 4.79 Å². The second-order valence-electron chi connectivity index (χ2n) is 5.20. The lowest BCUT2D eigenvalue weighted by Crippen LogP contribution is -2.06. The molecule has 25 heavy (non-hydrogen) atoms. The zero-order chi connectivity index (χ0) is 18.8. The van der Waals surface area contributed by atoms with Gasteiger partial charge in [-0.1, -0.05) is 15.9 Å². The molecule has 0 radical (unpaired) electrons. The third kappa shape index (κ3) is 5.84. The number of hydrogen-bond donors (Lipinski definition) is 1. The highest BCUT2D eigenvalue weighted by Gasteiger charge is 2.14. The van der Waals surface area contributed by atoms with Crippen LogP contribution in [0.4, 0.5) is 0 Å². The van der Waals surface area contributed by atoms with Gasteiger partial charge in [-0.15, -0.1) is 0 Å². The number of rotatable bonds is 7. The van der Waals surface area contributed by atoms with Crippen molar-refractivity contribution in [3.05, 3.63) is 45.2 Å². The molecule has 1 aromatic rings. The van der Waals surface area contributed by atoms with Crippen LogP contribution in [0.5, 0.6) is 0 Å². The molecule has 0 bridgehead atoms. The Bertz CT molecular complexity index is 761. The van der Waals surface area contributed by atoms with Crippen LogP contribution in [0.25, 0.3) is 5.70 Å². The van der Waals surface area contributed by atoms with E-state index in [0.29, 0.717) is 24.3 Å². The third-order valence-electron chi connectivity index (χ3n) is 3.54. The van der Waals surface area contributed by atoms with Gasteiger partial charge in [0.15, 0.2) is 0 Å². The van der Waals surface area contributed by atoms with Crippen LogP contribution in [0.15, 0.2) is 33.4 Å². The lowest BCUT2D eigenvalue weighted by atomic mass is 9.99. The predicted molar refractivity (Wildman–Crippen MR) is 102 cm³/mol. The Labute approximate surface area is 156 Å². The van der Waals surface area contributed by atoms with Crippen LogP contribution in [0.3, 0.4) is 0 Å². The number of nitrogens with zero attached hydrogens (tertiary/aromatic N) is 3. The van der Waals surface area contributed by atoms with Crippen LogP contribution in [-0.4, -0.2) is 23.9 Å². The normalized spacial score (nSPS) is 12.7. The van der Waals surface area contributed by atoms with Crippen molar-refractivity contribution in [1.82, 2.24) is 4.98 Å². The number of aliphatic imine (C=N–C) groups is 1. The molecule has 1 aromatic heterocycles. The highest BCUT2D eigenvalue weighted by molar-refractivity contribution is 9.11. The molecule has 0 saturated carbocycles. The number of carbonyl (C=O) groups is 1. The number of nitrogens with two attached hydrogens (primary N) is 1. The first-order chi connectivity index (χ1) is 12.0. The van der Waals surface area contributed by atoms with Crippen molar-refractivity contribution in [1.29, 1.82) is 5.26 Å². The van der Waals surface area contributed by atoms with Crippen LogP contribution in [0.1, 0.15) is 44.0 Å². The van der Waals surface area contributed by atoms with Crippen molar-refractivity contribution in [2.24, 2.45) is 10.7 Å². The van der Waals surface area contributed by atoms with Gasteiger partial charge in [-0.05, 0) is 55.0 Å². The van der Waals surface area contributed by atoms with E-state index in [-0.39, 0.29) is 18.1 Å². The Hall–Kier alpha value is -2.46. The second kappa shape index (κ2) is 10.4. The molecule has 6 nitrogen and oxygen atoms in total. The van der Waals surface area contributed by atoms with E-state index >= 15 is 0 Å². The van der Waals surface area contributed by atoms with E-state index in [1.165, 1.54) is 6.34 Å². The maximum atomic E-state index is 11.5. The fourth-order valence-corrected chi connectivity index (χ4v) is 2.45. The molecule has 0 unspecified atom stereocenters. The minimum Gasteiger partial charge on any atom is -0.466 e. The van der Waals surface area contributed by atoms with Crippen molar-refractivity contribution >= 4 is 33.9 Å². The summed E-state index contributed by atoms with van der Waals surface area (Å²) in [6, 6.07) is 3.89. The molecule has 7 heteroatoms. The topological polar surface area (TPSA) is 101 Å². The Morgan fingerprint density at radius 1 is 1.52 bits per heavy atom. The quantitative estimate of drug-likeness (QED) is 0.324. The third-order valence-corrected chi connectivity index (χ3v) is 4.23. The standard InChI is InChI=1S/C18H21BrN4O2/c1-4-25-17(24)6-5-14-7-15(16(9-20)22-10-14)18(23-11-21)13(3)12(2)8-19/h7-8,10-11H,4-6H2,1-3H3,(H2,21,23)/b12-8+,18-13-. The van der Waals surface area contributed by atoms with Gasteiger partial charge in [0.05, 0.1) is 18.6 Å². The van der Waals surface area contributed by atoms with E-state index in [4.69, 9.17) is 10.5 Å². The van der Waals surface area contributed by atoms with Gasteiger partial charge in [0.2, 0.25) is 0 Å². The SMILES string of the molecule is CCOC(=O)CCc1cnc(C#N)c(/C(N=CN)=C(C)/C(C)=C/Br)c1. The lowest BCUT2D eigenvalue weighted by molar-refractivity contribution is -0.143. The molecule has 2 N–H and O–H groups in total. The first-order valence-corrected chi connectivity index (χ1v) is 8.67. The van der Waals surface area contributed by atoms with Crippen LogP contribution in [0, 0.1) is 11.3 Å². The fourth-order valence-electron chi connectivity index (χ4n) is 2.11. The van der Waals surface area contributed by atoms with Gasteiger partial charge >= 0.3 is 5.97 Å². The van der Waals surface area contributed by atoms with Crippen molar-refractivity contribution in [3.8, 4) is 6.07 Å². The van der Waals surface area contributed by atoms with Crippen LogP contribution in [-0.2, 0) is 16.0 Å². The molecule has 0 aliphatic heterocycles. The van der Waals surface area contributed by atoms with E-state index in [2.05, 4.69) is 32.0 Å². The number of allylic oxidation sites excluding steroid dienone is 2. The summed E-state index contributed by atoms with van der Waals surface area (Å²) in [6.45, 7) is 5.93. The molecule has 1 rings (SSSR count). The average molecular weight is 405 g/mol. The lowest BCUT2D eigenvalue weighted by Gasteiger charge is -2.11. The van der Waals surface area contributed by atoms with Crippen molar-refractivity contribution in [2.75, 3.05) is 6.61 Å².